The molecule has 0 aliphatic rings. The third-order valence-corrected chi connectivity index (χ3v) is 4.70. The van der Waals surface area contributed by atoms with Crippen LogP contribution in [0.25, 0.3) is 10.8 Å². The van der Waals surface area contributed by atoms with E-state index in [9.17, 15) is 9.59 Å². The largest absolute Gasteiger partial charge is 0.428 e. The third-order valence-electron chi connectivity index (χ3n) is 2.95. The highest BCUT2D eigenvalue weighted by atomic mass is 28.4. The van der Waals surface area contributed by atoms with Crippen LogP contribution in [0, 0.1) is 0 Å². The van der Waals surface area contributed by atoms with Crippen molar-refractivity contribution in [1.29, 1.82) is 0 Å². The molecule has 0 aliphatic carbocycles. The van der Waals surface area contributed by atoms with Crippen LogP contribution in [0.2, 0.25) is 13.1 Å². The summed E-state index contributed by atoms with van der Waals surface area (Å²) in [7, 11) is -2.37. The van der Waals surface area contributed by atoms with Crippen LogP contribution in [0.15, 0.2) is 36.4 Å². The van der Waals surface area contributed by atoms with Crippen LogP contribution < -0.4 is 5.19 Å². The van der Waals surface area contributed by atoms with E-state index in [0.717, 1.165) is 16.0 Å². The first kappa shape index (κ1) is 12.0. The molecule has 0 unspecified atom stereocenters. The van der Waals surface area contributed by atoms with Gasteiger partial charge < -0.3 is 4.80 Å². The molecule has 0 atom stereocenters. The van der Waals surface area contributed by atoms with E-state index in [-0.39, 0.29) is 5.78 Å². The summed E-state index contributed by atoms with van der Waals surface area (Å²) >= 11 is 0. The second-order valence-electron chi connectivity index (χ2n) is 4.86. The summed E-state index contributed by atoms with van der Waals surface area (Å²) in [4.78, 5) is 21.7. The normalized spacial score (nSPS) is 11.8. The van der Waals surface area contributed by atoms with Gasteiger partial charge in [-0.1, -0.05) is 30.3 Å². The van der Waals surface area contributed by atoms with Gasteiger partial charge in [0.15, 0.2) is 5.78 Å². The van der Waals surface area contributed by atoms with Crippen molar-refractivity contribution in [2.75, 3.05) is 0 Å². The first-order chi connectivity index (χ1) is 7.89. The first-order valence-electron chi connectivity index (χ1n) is 5.66. The number of hydrogen-bond acceptors (Lipinski definition) is 2. The molecule has 0 bridgehead atoms. The van der Waals surface area contributed by atoms with Crippen LogP contribution in [0.3, 0.4) is 0 Å². The Morgan fingerprint density at radius 2 is 1.88 bits per heavy atom. The Bertz CT molecular complexity index is 582. The van der Waals surface area contributed by atoms with Crippen molar-refractivity contribution in [3.05, 3.63) is 42.0 Å². The van der Waals surface area contributed by atoms with E-state index < -0.39 is 8.32 Å². The molecule has 0 saturated heterocycles. The SMILES string of the molecule is CC(=O)c1ccc2cccc([Si](C)(C)O)c2c1. The van der Waals surface area contributed by atoms with Crippen molar-refractivity contribution in [2.45, 2.75) is 20.0 Å². The van der Waals surface area contributed by atoms with Crippen molar-refractivity contribution in [2.24, 2.45) is 0 Å². The van der Waals surface area contributed by atoms with Gasteiger partial charge in [-0.2, -0.15) is 0 Å². The summed E-state index contributed by atoms with van der Waals surface area (Å²) in [6.07, 6.45) is 0. The number of carbonyl (C=O) groups excluding carboxylic acids is 1. The summed E-state index contributed by atoms with van der Waals surface area (Å²) in [5.74, 6) is 0.0547. The topological polar surface area (TPSA) is 37.3 Å². The lowest BCUT2D eigenvalue weighted by atomic mass is 10.1. The van der Waals surface area contributed by atoms with E-state index in [1.54, 1.807) is 6.92 Å². The molecule has 0 radical (unpaired) electrons. The molecule has 1 N–H and O–H groups in total. The summed E-state index contributed by atoms with van der Waals surface area (Å²) in [6, 6.07) is 11.6. The Hall–Kier alpha value is -1.45. The maximum absolute atomic E-state index is 11.4. The molecule has 0 aromatic heterocycles. The molecular formula is C14H16O2Si. The van der Waals surface area contributed by atoms with Crippen LogP contribution in [0.5, 0.6) is 0 Å². The summed E-state index contributed by atoms with van der Waals surface area (Å²) in [5.41, 5.74) is 0.697. The lowest BCUT2D eigenvalue weighted by Crippen LogP contribution is -2.41. The quantitative estimate of drug-likeness (QED) is 0.651. The molecule has 0 saturated carbocycles. The number of Topliss-reactive ketones (excluding diaryl/α,β-unsaturated/α-hetero) is 1. The van der Waals surface area contributed by atoms with Crippen molar-refractivity contribution in [1.82, 2.24) is 0 Å². The van der Waals surface area contributed by atoms with Gasteiger partial charge in [-0.25, -0.2) is 0 Å². The zero-order valence-electron chi connectivity index (χ0n) is 10.3. The molecule has 0 aliphatic heterocycles. The average molecular weight is 244 g/mol. The lowest BCUT2D eigenvalue weighted by molar-refractivity contribution is 0.101. The van der Waals surface area contributed by atoms with Gasteiger partial charge in [0.05, 0.1) is 0 Å². The molecular weight excluding hydrogens is 228 g/mol. The summed E-state index contributed by atoms with van der Waals surface area (Å²) in [5, 5.41) is 3.06. The van der Waals surface area contributed by atoms with Crippen LogP contribution >= 0.6 is 0 Å². The van der Waals surface area contributed by atoms with Crippen molar-refractivity contribution < 1.29 is 9.59 Å². The third kappa shape index (κ3) is 2.30. The van der Waals surface area contributed by atoms with E-state index in [2.05, 4.69) is 0 Å². The second-order valence-corrected chi connectivity index (χ2v) is 8.51. The fourth-order valence-corrected chi connectivity index (χ4v) is 3.40. The van der Waals surface area contributed by atoms with Crippen molar-refractivity contribution in [3.8, 4) is 0 Å². The number of ketones is 1. The Morgan fingerprint density at radius 3 is 2.47 bits per heavy atom. The standard InChI is InChI=1S/C14H16O2Si/c1-10(15)12-8-7-11-5-4-6-14(13(11)9-12)17(2,3)16/h4-9,16H,1-3H3. The molecule has 0 heterocycles. The molecule has 2 rings (SSSR count). The predicted octanol–water partition coefficient (Wildman–Crippen LogP) is 2.45. The Kier molecular flexibility index (Phi) is 2.89. The van der Waals surface area contributed by atoms with Gasteiger partial charge in [0.2, 0.25) is 8.32 Å². The van der Waals surface area contributed by atoms with Gasteiger partial charge in [-0.15, -0.1) is 0 Å². The molecule has 17 heavy (non-hydrogen) atoms. The molecule has 0 fully saturated rings. The lowest BCUT2D eigenvalue weighted by Gasteiger charge is -2.17. The van der Waals surface area contributed by atoms with Gasteiger partial charge in [0.1, 0.15) is 0 Å². The van der Waals surface area contributed by atoms with Crippen LogP contribution in [0.4, 0.5) is 0 Å². The Balaban J connectivity index is 2.77. The molecule has 3 heteroatoms. The van der Waals surface area contributed by atoms with Gasteiger partial charge in [-0.3, -0.25) is 4.79 Å². The smallest absolute Gasteiger partial charge is 0.214 e. The zero-order valence-corrected chi connectivity index (χ0v) is 11.3. The van der Waals surface area contributed by atoms with E-state index in [1.807, 2.05) is 49.5 Å². The van der Waals surface area contributed by atoms with E-state index in [1.165, 1.54) is 0 Å². The van der Waals surface area contributed by atoms with E-state index in [0.29, 0.717) is 5.56 Å². The number of benzene rings is 2. The number of carbonyl (C=O) groups is 1. The first-order valence-corrected chi connectivity index (χ1v) is 8.61. The monoisotopic (exact) mass is 244 g/mol. The fraction of sp³-hybridized carbons (Fsp3) is 0.214. The Morgan fingerprint density at radius 1 is 1.18 bits per heavy atom. The minimum Gasteiger partial charge on any atom is -0.428 e. The highest BCUT2D eigenvalue weighted by Gasteiger charge is 2.22. The fourth-order valence-electron chi connectivity index (χ4n) is 2.03. The summed E-state index contributed by atoms with van der Waals surface area (Å²) < 4.78 is 0. The minimum atomic E-state index is -2.37. The van der Waals surface area contributed by atoms with Gasteiger partial charge in [0, 0.05) is 5.56 Å². The van der Waals surface area contributed by atoms with Crippen molar-refractivity contribution in [3.63, 3.8) is 0 Å². The summed E-state index contributed by atoms with van der Waals surface area (Å²) in [6.45, 7) is 5.34. The van der Waals surface area contributed by atoms with Gasteiger partial charge in [0.25, 0.3) is 0 Å². The molecule has 2 aromatic carbocycles. The van der Waals surface area contributed by atoms with E-state index >= 15 is 0 Å². The molecule has 2 nitrogen and oxygen atoms in total. The highest BCUT2D eigenvalue weighted by Crippen LogP contribution is 2.17. The minimum absolute atomic E-state index is 0.0547. The Labute approximate surface area is 102 Å². The van der Waals surface area contributed by atoms with Gasteiger partial charge in [-0.05, 0) is 42.0 Å². The highest BCUT2D eigenvalue weighted by molar-refractivity contribution is 6.85. The molecule has 0 spiro atoms. The van der Waals surface area contributed by atoms with Crippen LogP contribution in [0.1, 0.15) is 17.3 Å². The molecule has 88 valence electrons. The average Bonchev–Trinajstić information content (AvgIpc) is 2.26. The number of rotatable bonds is 2. The molecule has 0 amide bonds. The molecule has 2 aromatic rings. The van der Waals surface area contributed by atoms with Crippen LogP contribution in [-0.4, -0.2) is 18.9 Å². The predicted molar refractivity (Wildman–Crippen MR) is 73.3 cm³/mol. The maximum Gasteiger partial charge on any atom is 0.214 e. The van der Waals surface area contributed by atoms with Crippen molar-refractivity contribution >= 4 is 30.1 Å². The van der Waals surface area contributed by atoms with Crippen LogP contribution in [-0.2, 0) is 0 Å². The van der Waals surface area contributed by atoms with Gasteiger partial charge >= 0.3 is 0 Å². The zero-order chi connectivity index (χ0) is 12.6. The van der Waals surface area contributed by atoms with E-state index in [4.69, 9.17) is 0 Å². The number of hydrogen-bond donors (Lipinski definition) is 1. The second kappa shape index (κ2) is 4.09. The maximum atomic E-state index is 11.4. The number of fused-ring (bicyclic) bond motifs is 1.